The lowest BCUT2D eigenvalue weighted by molar-refractivity contribution is -0.132. The molecule has 0 aliphatic heterocycles. The highest BCUT2D eigenvalue weighted by Crippen LogP contribution is 2.46. The molecular formula is C61H98O8Si4. The minimum absolute atomic E-state index is 0. The van der Waals surface area contributed by atoms with E-state index >= 15 is 0 Å². The molecule has 12 heteroatoms. The first-order chi connectivity index (χ1) is 34.3. The third kappa shape index (κ3) is 19.4. The molecule has 1 aliphatic rings. The van der Waals surface area contributed by atoms with E-state index in [9.17, 15) is 9.59 Å². The summed E-state index contributed by atoms with van der Waals surface area (Å²) in [5.74, 6) is 2.55. The Morgan fingerprint density at radius 1 is 0.521 bits per heavy atom. The quantitative estimate of drug-likeness (QED) is 0.0349. The van der Waals surface area contributed by atoms with Crippen LogP contribution in [0.15, 0.2) is 84.9 Å². The largest absolute Gasteiger partial charge is 0.497 e. The van der Waals surface area contributed by atoms with E-state index in [0.29, 0.717) is 11.5 Å². The molecule has 4 aromatic carbocycles. The van der Waals surface area contributed by atoms with Crippen LogP contribution in [-0.4, -0.2) is 59.4 Å². The molecule has 0 heterocycles. The first-order valence-electron chi connectivity index (χ1n) is 27.6. The summed E-state index contributed by atoms with van der Waals surface area (Å²) in [6, 6.07) is 34.3. The van der Waals surface area contributed by atoms with Crippen molar-refractivity contribution in [1.82, 2.24) is 0 Å². The molecule has 0 saturated heterocycles. The number of unbranched alkanes of at least 4 members (excludes halogenated alkanes) is 2. The van der Waals surface area contributed by atoms with Gasteiger partial charge in [0.15, 0.2) is 33.3 Å². The number of rotatable bonds is 26. The number of esters is 2. The summed E-state index contributed by atoms with van der Waals surface area (Å²) >= 11 is 0. The van der Waals surface area contributed by atoms with Crippen molar-refractivity contribution < 1.29 is 38.2 Å². The molecule has 0 amide bonds. The van der Waals surface area contributed by atoms with E-state index in [-0.39, 0.29) is 24.2 Å². The van der Waals surface area contributed by atoms with Crippen LogP contribution >= 0.6 is 0 Å². The average Bonchev–Trinajstić information content (AvgIpc) is 3.32. The van der Waals surface area contributed by atoms with E-state index in [0.717, 1.165) is 67.7 Å². The molecular weight excluding hydrogens is 973 g/mol. The SMILES string of the molecule is CCCC[Si](C)(C)O[Si](C)(C)CCCc1cc(C(C)(C)c2ccc(OC(C)=O)c(CCC[Si](C)(C)O[Si](C)(C)CCCC)c2)ccc1OC.COc1ccc(C2(c3ccc(OC(C)=O)cc3)CCCCC2)cc1.[HH]. The van der Waals surface area contributed by atoms with E-state index in [2.05, 4.69) is 135 Å². The van der Waals surface area contributed by atoms with E-state index in [1.165, 1.54) is 98.7 Å². The monoisotopic (exact) mass is 1070 g/mol. The number of methoxy groups -OCH3 is 2. The van der Waals surface area contributed by atoms with Crippen LogP contribution in [0.25, 0.3) is 0 Å². The Hall–Kier alpha value is -3.79. The standard InChI is InChI=1S/C40H72O5Si4.C21H24O3.H2/c1-15-17-27-46(7,8)44-48(11,12)29-19-21-34-31-36(23-25-38(34)42-6)40(4,5)37-24-26-39(43-33(3)41)35(32-37)22-20-30-49(13,14)45-47(9,10)28-18-16-2;1-16(22)24-20-12-8-18(9-13-20)21(14-4-3-5-15-21)17-6-10-19(23-2)11-7-17;/h23-26,31-32H,15-22,27-30H2,1-14H3;6-13H,3-5,14-15H2,1-2H3;1H. The fourth-order valence-corrected chi connectivity index (χ4v) is 29.1. The highest BCUT2D eigenvalue weighted by atomic mass is 28.4. The summed E-state index contributed by atoms with van der Waals surface area (Å²) in [5.41, 5.74) is 7.26. The molecule has 4 aromatic rings. The summed E-state index contributed by atoms with van der Waals surface area (Å²) in [4.78, 5) is 23.2. The number of aryl methyl sites for hydroxylation is 2. The van der Waals surface area contributed by atoms with Crippen LogP contribution in [0.3, 0.4) is 0 Å². The summed E-state index contributed by atoms with van der Waals surface area (Å²) < 4.78 is 35.8. The molecule has 0 spiro atoms. The fraction of sp³-hybridized carbons (Fsp3) is 0.574. The Labute approximate surface area is 449 Å². The van der Waals surface area contributed by atoms with Crippen molar-refractivity contribution in [3.05, 3.63) is 118 Å². The van der Waals surface area contributed by atoms with Gasteiger partial charge in [0.1, 0.15) is 23.0 Å². The zero-order valence-corrected chi connectivity index (χ0v) is 52.4. The van der Waals surface area contributed by atoms with Crippen molar-refractivity contribution in [2.75, 3.05) is 14.2 Å². The van der Waals surface area contributed by atoms with Gasteiger partial charge in [-0.3, -0.25) is 9.59 Å². The van der Waals surface area contributed by atoms with Gasteiger partial charge in [0.05, 0.1) is 14.2 Å². The zero-order valence-electron chi connectivity index (χ0n) is 48.4. The molecule has 0 atom stereocenters. The van der Waals surface area contributed by atoms with Gasteiger partial charge in [-0.25, -0.2) is 0 Å². The van der Waals surface area contributed by atoms with Crippen molar-refractivity contribution in [3.8, 4) is 23.0 Å². The normalized spacial score (nSPS) is 14.2. The van der Waals surface area contributed by atoms with Gasteiger partial charge in [-0.15, -0.1) is 0 Å². The predicted molar refractivity (Wildman–Crippen MR) is 317 cm³/mol. The maximum Gasteiger partial charge on any atom is 0.308 e. The van der Waals surface area contributed by atoms with Crippen molar-refractivity contribution in [2.45, 2.75) is 212 Å². The van der Waals surface area contributed by atoms with Gasteiger partial charge in [-0.05, 0) is 185 Å². The molecule has 0 radical (unpaired) electrons. The molecule has 8 nitrogen and oxygen atoms in total. The zero-order chi connectivity index (χ0) is 54.1. The molecule has 5 rings (SSSR count). The molecule has 0 bridgehead atoms. The molecule has 1 fully saturated rings. The summed E-state index contributed by atoms with van der Waals surface area (Å²) in [6.45, 7) is 31.1. The van der Waals surface area contributed by atoms with E-state index in [4.69, 9.17) is 27.2 Å². The van der Waals surface area contributed by atoms with Crippen LogP contribution in [-0.2, 0) is 41.5 Å². The lowest BCUT2D eigenvalue weighted by atomic mass is 9.65. The number of hydrogen-bond acceptors (Lipinski definition) is 8. The van der Waals surface area contributed by atoms with Gasteiger partial charge in [-0.2, -0.15) is 0 Å². The fourth-order valence-electron chi connectivity index (χ4n) is 11.1. The Kier molecular flexibility index (Phi) is 23.5. The van der Waals surface area contributed by atoms with Crippen LogP contribution < -0.4 is 18.9 Å². The third-order valence-corrected chi connectivity index (χ3v) is 29.9. The maximum absolute atomic E-state index is 12.1. The topological polar surface area (TPSA) is 89.5 Å². The Bertz CT molecular complexity index is 2340. The van der Waals surface area contributed by atoms with Crippen molar-refractivity contribution in [2.24, 2.45) is 0 Å². The number of hydrogen-bond donors (Lipinski definition) is 0. The minimum Gasteiger partial charge on any atom is -0.497 e. The minimum atomic E-state index is -1.81. The van der Waals surface area contributed by atoms with Crippen LogP contribution in [0.1, 0.15) is 147 Å². The predicted octanol–water partition coefficient (Wildman–Crippen LogP) is 17.4. The van der Waals surface area contributed by atoms with Crippen LogP contribution in [0.4, 0.5) is 0 Å². The Balaban J connectivity index is 0.000000479. The molecule has 1 aliphatic carbocycles. The van der Waals surface area contributed by atoms with E-state index in [1.807, 2.05) is 30.3 Å². The first kappa shape index (κ1) is 61.8. The van der Waals surface area contributed by atoms with Gasteiger partial charge in [0.25, 0.3) is 0 Å². The number of carbonyl (C=O) groups is 2. The highest BCUT2D eigenvalue weighted by Gasteiger charge is 2.37. The van der Waals surface area contributed by atoms with Crippen molar-refractivity contribution >= 4 is 45.2 Å². The molecule has 0 aromatic heterocycles. The lowest BCUT2D eigenvalue weighted by Crippen LogP contribution is -2.44. The molecule has 0 N–H and O–H groups in total. The van der Waals surface area contributed by atoms with Crippen molar-refractivity contribution in [1.29, 1.82) is 0 Å². The van der Waals surface area contributed by atoms with Crippen LogP contribution in [0.5, 0.6) is 23.0 Å². The Morgan fingerprint density at radius 3 is 1.32 bits per heavy atom. The first-order valence-corrected chi connectivity index (χ1v) is 40.1. The summed E-state index contributed by atoms with van der Waals surface area (Å²) in [7, 11) is -3.38. The number of ether oxygens (including phenoxy) is 4. The number of benzene rings is 4. The average molecular weight is 1070 g/mol. The third-order valence-electron chi connectivity index (χ3n) is 14.9. The molecule has 73 heavy (non-hydrogen) atoms. The smallest absolute Gasteiger partial charge is 0.308 e. The van der Waals surface area contributed by atoms with Gasteiger partial charge in [0, 0.05) is 26.1 Å². The van der Waals surface area contributed by atoms with Gasteiger partial charge in [-0.1, -0.05) is 121 Å². The van der Waals surface area contributed by atoms with Gasteiger partial charge in [0.2, 0.25) is 0 Å². The molecule has 0 unspecified atom stereocenters. The van der Waals surface area contributed by atoms with E-state index in [1.54, 1.807) is 14.2 Å². The van der Waals surface area contributed by atoms with Gasteiger partial charge >= 0.3 is 11.9 Å². The maximum atomic E-state index is 12.1. The Morgan fingerprint density at radius 2 is 0.918 bits per heavy atom. The van der Waals surface area contributed by atoms with Crippen LogP contribution in [0, 0.1) is 0 Å². The van der Waals surface area contributed by atoms with Gasteiger partial charge < -0.3 is 27.2 Å². The summed E-state index contributed by atoms with van der Waals surface area (Å²) in [6.07, 6.45) is 15.0. The van der Waals surface area contributed by atoms with Crippen LogP contribution in [0.2, 0.25) is 76.6 Å². The lowest BCUT2D eigenvalue weighted by Gasteiger charge is -2.38. The summed E-state index contributed by atoms with van der Waals surface area (Å²) in [5, 5.41) is 0. The van der Waals surface area contributed by atoms with Crippen molar-refractivity contribution in [3.63, 3.8) is 0 Å². The second-order valence-electron chi connectivity index (χ2n) is 23.7. The highest BCUT2D eigenvalue weighted by molar-refractivity contribution is 6.85. The second kappa shape index (κ2) is 27.8. The number of carbonyl (C=O) groups excluding carboxylic acids is 2. The van der Waals surface area contributed by atoms with E-state index < -0.39 is 33.3 Å². The molecule has 1 saturated carbocycles. The molecule has 406 valence electrons. The second-order valence-corrected chi connectivity index (χ2v) is 41.4.